The highest BCUT2D eigenvalue weighted by Gasteiger charge is 2.36. The highest BCUT2D eigenvalue weighted by molar-refractivity contribution is 6.02. The fraction of sp³-hybridized carbons (Fsp3) is 0.700. The van der Waals surface area contributed by atoms with Gasteiger partial charge in [0.15, 0.2) is 5.60 Å². The molecule has 0 spiro atoms. The van der Waals surface area contributed by atoms with Crippen LogP contribution in [0.5, 0.6) is 0 Å². The lowest BCUT2D eigenvalue weighted by Crippen LogP contribution is -2.29. The van der Waals surface area contributed by atoms with E-state index in [-0.39, 0.29) is 5.78 Å². The summed E-state index contributed by atoms with van der Waals surface area (Å²) in [5.41, 5.74) is 0.208. The summed E-state index contributed by atoms with van der Waals surface area (Å²) in [6.45, 7) is 7.80. The van der Waals surface area contributed by atoms with Crippen molar-refractivity contribution >= 4 is 5.78 Å². The number of carbonyl (C=O) groups is 1. The van der Waals surface area contributed by atoms with Crippen LogP contribution in [0, 0.1) is 5.92 Å². The molecule has 0 unspecified atom stereocenters. The van der Waals surface area contributed by atoms with E-state index in [9.17, 15) is 4.79 Å². The number of hydrogen-bond acceptors (Lipinski definition) is 2. The monoisotopic (exact) mass is 168 g/mol. The maximum atomic E-state index is 11.6. The quantitative estimate of drug-likeness (QED) is 0.632. The van der Waals surface area contributed by atoms with Crippen molar-refractivity contribution < 1.29 is 9.53 Å². The molecule has 0 fully saturated rings. The van der Waals surface area contributed by atoms with Gasteiger partial charge in [0.05, 0.1) is 6.26 Å². The van der Waals surface area contributed by atoms with E-state index in [0.29, 0.717) is 5.92 Å². The molecule has 0 radical (unpaired) electrons. The van der Waals surface area contributed by atoms with Crippen molar-refractivity contribution in [1.82, 2.24) is 0 Å². The molecule has 2 nitrogen and oxygen atoms in total. The highest BCUT2D eigenvalue weighted by Crippen LogP contribution is 2.27. The molecule has 1 heterocycles. The average Bonchev–Trinajstić information content (AvgIpc) is 2.15. The molecule has 0 aromatic heterocycles. The zero-order valence-corrected chi connectivity index (χ0v) is 8.18. The fourth-order valence-corrected chi connectivity index (χ4v) is 1.29. The first-order valence-corrected chi connectivity index (χ1v) is 4.35. The van der Waals surface area contributed by atoms with Crippen molar-refractivity contribution in [3.8, 4) is 0 Å². The zero-order valence-electron chi connectivity index (χ0n) is 8.18. The molecule has 1 rings (SSSR count). The van der Waals surface area contributed by atoms with Gasteiger partial charge in [-0.25, -0.2) is 0 Å². The molecule has 1 aliphatic heterocycles. The van der Waals surface area contributed by atoms with Crippen molar-refractivity contribution in [3.05, 3.63) is 11.8 Å². The molecule has 12 heavy (non-hydrogen) atoms. The van der Waals surface area contributed by atoms with Crippen LogP contribution in [0.2, 0.25) is 0 Å². The van der Waals surface area contributed by atoms with Gasteiger partial charge in [-0.3, -0.25) is 4.79 Å². The third-order valence-corrected chi connectivity index (χ3v) is 1.96. The summed E-state index contributed by atoms with van der Waals surface area (Å²) >= 11 is 0. The van der Waals surface area contributed by atoms with E-state index in [4.69, 9.17) is 4.74 Å². The second-order valence-corrected chi connectivity index (χ2v) is 4.20. The van der Waals surface area contributed by atoms with Crippen molar-refractivity contribution in [2.45, 2.75) is 39.7 Å². The van der Waals surface area contributed by atoms with Crippen LogP contribution < -0.4 is 0 Å². The Balaban J connectivity index is 2.66. The summed E-state index contributed by atoms with van der Waals surface area (Å²) < 4.78 is 5.25. The van der Waals surface area contributed by atoms with Gasteiger partial charge in [0.1, 0.15) is 0 Å². The smallest absolute Gasteiger partial charge is 0.204 e. The van der Waals surface area contributed by atoms with E-state index < -0.39 is 5.60 Å². The Hall–Kier alpha value is -0.790. The third kappa shape index (κ3) is 1.68. The molecule has 0 bridgehead atoms. The summed E-state index contributed by atoms with van der Waals surface area (Å²) in [6, 6.07) is 0. The van der Waals surface area contributed by atoms with E-state index in [1.807, 2.05) is 0 Å². The summed E-state index contributed by atoms with van der Waals surface area (Å²) in [5.74, 6) is 0.647. The second kappa shape index (κ2) is 2.92. The van der Waals surface area contributed by atoms with Crippen LogP contribution in [-0.4, -0.2) is 11.4 Å². The van der Waals surface area contributed by atoms with Crippen LogP contribution in [0.4, 0.5) is 0 Å². The number of carbonyl (C=O) groups excluding carboxylic acids is 1. The molecule has 0 aliphatic carbocycles. The normalized spacial score (nSPS) is 21.1. The van der Waals surface area contributed by atoms with Crippen LogP contribution >= 0.6 is 0 Å². The standard InChI is InChI=1S/C10H16O2/c1-7(2)5-8-6-12-10(3,4)9(8)11/h6-7H,5H2,1-4H3. The molecule has 68 valence electrons. The molecular formula is C10H16O2. The average molecular weight is 168 g/mol. The third-order valence-electron chi connectivity index (χ3n) is 1.96. The predicted molar refractivity (Wildman–Crippen MR) is 47.7 cm³/mol. The van der Waals surface area contributed by atoms with E-state index in [1.54, 1.807) is 20.1 Å². The van der Waals surface area contributed by atoms with Crippen LogP contribution in [0.15, 0.2) is 11.8 Å². The van der Waals surface area contributed by atoms with Crippen molar-refractivity contribution in [2.24, 2.45) is 5.92 Å². The first kappa shape index (κ1) is 9.30. The van der Waals surface area contributed by atoms with Crippen LogP contribution in [0.1, 0.15) is 34.1 Å². The minimum absolute atomic E-state index is 0.135. The second-order valence-electron chi connectivity index (χ2n) is 4.20. The van der Waals surface area contributed by atoms with Gasteiger partial charge in [-0.1, -0.05) is 13.8 Å². The molecule has 2 heteroatoms. The van der Waals surface area contributed by atoms with Gasteiger partial charge < -0.3 is 4.74 Å². The lowest BCUT2D eigenvalue weighted by Gasteiger charge is -2.15. The van der Waals surface area contributed by atoms with Gasteiger partial charge in [0, 0.05) is 5.57 Å². The fourth-order valence-electron chi connectivity index (χ4n) is 1.29. The van der Waals surface area contributed by atoms with Gasteiger partial charge in [0.25, 0.3) is 0 Å². The SMILES string of the molecule is CC(C)CC1=COC(C)(C)C1=O. The minimum Gasteiger partial charge on any atom is -0.487 e. The molecular weight excluding hydrogens is 152 g/mol. The van der Waals surface area contributed by atoms with E-state index in [2.05, 4.69) is 13.8 Å². The van der Waals surface area contributed by atoms with Crippen molar-refractivity contribution in [1.29, 1.82) is 0 Å². The summed E-state index contributed by atoms with van der Waals surface area (Å²) in [6.07, 6.45) is 2.44. The van der Waals surface area contributed by atoms with Gasteiger partial charge >= 0.3 is 0 Å². The van der Waals surface area contributed by atoms with Crippen molar-refractivity contribution in [2.75, 3.05) is 0 Å². The highest BCUT2D eigenvalue weighted by atomic mass is 16.5. The summed E-state index contributed by atoms with van der Waals surface area (Å²) in [7, 11) is 0. The topological polar surface area (TPSA) is 26.3 Å². The van der Waals surface area contributed by atoms with Gasteiger partial charge in [0.2, 0.25) is 5.78 Å². The number of Topliss-reactive ketones (excluding diaryl/α,β-unsaturated/α-hetero) is 1. The maximum absolute atomic E-state index is 11.6. The minimum atomic E-state index is -0.621. The predicted octanol–water partition coefficient (Wildman–Crippen LogP) is 2.29. The van der Waals surface area contributed by atoms with E-state index >= 15 is 0 Å². The molecule has 0 aromatic carbocycles. The molecule has 0 amide bonds. The van der Waals surface area contributed by atoms with Gasteiger partial charge in [-0.2, -0.15) is 0 Å². The van der Waals surface area contributed by atoms with Gasteiger partial charge in [-0.15, -0.1) is 0 Å². The number of ether oxygens (including phenoxy) is 1. The molecule has 1 aliphatic rings. The molecule has 0 saturated carbocycles. The lowest BCUT2D eigenvalue weighted by molar-refractivity contribution is -0.127. The largest absolute Gasteiger partial charge is 0.487 e. The van der Waals surface area contributed by atoms with Crippen molar-refractivity contribution in [3.63, 3.8) is 0 Å². The maximum Gasteiger partial charge on any atom is 0.204 e. The zero-order chi connectivity index (χ0) is 9.35. The Kier molecular flexibility index (Phi) is 2.27. The van der Waals surface area contributed by atoms with Gasteiger partial charge in [-0.05, 0) is 26.2 Å². The Morgan fingerprint density at radius 2 is 2.08 bits per heavy atom. The number of rotatable bonds is 2. The lowest BCUT2D eigenvalue weighted by atomic mass is 9.94. The molecule has 0 saturated heterocycles. The Bertz CT molecular complexity index is 224. The van der Waals surface area contributed by atoms with Crippen LogP contribution in [0.3, 0.4) is 0 Å². The van der Waals surface area contributed by atoms with Crippen LogP contribution in [-0.2, 0) is 9.53 Å². The first-order chi connectivity index (χ1) is 5.43. The number of hydrogen-bond donors (Lipinski definition) is 0. The number of ketones is 1. The molecule has 0 N–H and O–H groups in total. The molecule has 0 aromatic rings. The van der Waals surface area contributed by atoms with E-state index in [1.165, 1.54) is 0 Å². The Morgan fingerprint density at radius 1 is 1.50 bits per heavy atom. The first-order valence-electron chi connectivity index (χ1n) is 4.35. The Labute approximate surface area is 73.6 Å². The summed E-state index contributed by atoms with van der Waals surface area (Å²) in [4.78, 5) is 11.6. The molecule has 0 atom stereocenters. The Morgan fingerprint density at radius 3 is 2.42 bits per heavy atom. The summed E-state index contributed by atoms with van der Waals surface area (Å²) in [5, 5.41) is 0. The van der Waals surface area contributed by atoms with E-state index in [0.717, 1.165) is 12.0 Å². The van der Waals surface area contributed by atoms with Crippen LogP contribution in [0.25, 0.3) is 0 Å².